The largest absolute Gasteiger partial charge is 0.294 e. The van der Waals surface area contributed by atoms with Crippen LogP contribution in [0.5, 0.6) is 0 Å². The van der Waals surface area contributed by atoms with Crippen LogP contribution in [0.25, 0.3) is 0 Å². The fraction of sp³-hybridized carbons (Fsp3) is 0.364. The van der Waals surface area contributed by atoms with Crippen LogP contribution in [0.1, 0.15) is 23.0 Å². The lowest BCUT2D eigenvalue weighted by Gasteiger charge is -2.01. The first-order valence-corrected chi connectivity index (χ1v) is 5.17. The number of carbonyl (C=O) groups excluding carboxylic acids is 1. The Bertz CT molecular complexity index is 498. The predicted octanol–water partition coefficient (Wildman–Crippen LogP) is 1.06. The molecule has 0 radical (unpaired) electrons. The number of aryl methyl sites for hydroxylation is 3. The standard InChI is InChI=1S/C11H14N4O/c1-9(16)10-7-13-15(8-10)6-4-11-3-5-12-14(11)2/h3,5,7-8H,4,6H2,1-2H3. The molecule has 0 atom stereocenters. The van der Waals surface area contributed by atoms with Crippen molar-refractivity contribution in [2.24, 2.45) is 7.05 Å². The quantitative estimate of drug-likeness (QED) is 0.721. The molecule has 84 valence electrons. The minimum absolute atomic E-state index is 0.0479. The lowest BCUT2D eigenvalue weighted by atomic mass is 10.3. The SMILES string of the molecule is CC(=O)c1cnn(CCc2ccnn2C)c1. The molecule has 2 rings (SSSR count). The third-order valence-corrected chi connectivity index (χ3v) is 2.56. The van der Waals surface area contributed by atoms with E-state index in [1.54, 1.807) is 30.2 Å². The normalized spacial score (nSPS) is 10.6. The smallest absolute Gasteiger partial charge is 0.162 e. The summed E-state index contributed by atoms with van der Waals surface area (Å²) in [4.78, 5) is 11.1. The molecular formula is C11H14N4O. The Hall–Kier alpha value is -1.91. The second kappa shape index (κ2) is 4.30. The van der Waals surface area contributed by atoms with Crippen LogP contribution in [0.2, 0.25) is 0 Å². The summed E-state index contributed by atoms with van der Waals surface area (Å²) in [5, 5.41) is 8.23. The number of nitrogens with zero attached hydrogens (tertiary/aromatic N) is 4. The summed E-state index contributed by atoms with van der Waals surface area (Å²) in [6, 6.07) is 1.98. The highest BCUT2D eigenvalue weighted by molar-refractivity contribution is 5.93. The van der Waals surface area contributed by atoms with Crippen LogP contribution in [0.15, 0.2) is 24.7 Å². The summed E-state index contributed by atoms with van der Waals surface area (Å²) < 4.78 is 3.62. The van der Waals surface area contributed by atoms with Crippen molar-refractivity contribution in [1.29, 1.82) is 0 Å². The first kappa shape index (κ1) is 10.6. The van der Waals surface area contributed by atoms with Gasteiger partial charge in [0.15, 0.2) is 5.78 Å². The molecule has 0 spiro atoms. The zero-order chi connectivity index (χ0) is 11.5. The van der Waals surface area contributed by atoms with Crippen molar-refractivity contribution in [2.75, 3.05) is 0 Å². The van der Waals surface area contributed by atoms with E-state index in [9.17, 15) is 4.79 Å². The molecule has 5 nitrogen and oxygen atoms in total. The summed E-state index contributed by atoms with van der Waals surface area (Å²) in [6.45, 7) is 2.30. The van der Waals surface area contributed by atoms with E-state index in [0.29, 0.717) is 5.56 Å². The van der Waals surface area contributed by atoms with E-state index < -0.39 is 0 Å². The third kappa shape index (κ3) is 2.18. The topological polar surface area (TPSA) is 52.7 Å². The third-order valence-electron chi connectivity index (χ3n) is 2.56. The Balaban J connectivity index is 2.00. The van der Waals surface area contributed by atoms with E-state index in [2.05, 4.69) is 10.2 Å². The van der Waals surface area contributed by atoms with Crippen LogP contribution < -0.4 is 0 Å². The molecule has 2 aromatic rings. The summed E-state index contributed by atoms with van der Waals surface area (Å²) >= 11 is 0. The number of hydrogen-bond acceptors (Lipinski definition) is 3. The van der Waals surface area contributed by atoms with Gasteiger partial charge in [0.2, 0.25) is 0 Å². The van der Waals surface area contributed by atoms with E-state index in [1.807, 2.05) is 17.8 Å². The van der Waals surface area contributed by atoms with Gasteiger partial charge >= 0.3 is 0 Å². The van der Waals surface area contributed by atoms with E-state index in [0.717, 1.165) is 18.7 Å². The monoisotopic (exact) mass is 218 g/mol. The van der Waals surface area contributed by atoms with Gasteiger partial charge in [0.05, 0.1) is 11.8 Å². The molecule has 5 heteroatoms. The van der Waals surface area contributed by atoms with Crippen molar-refractivity contribution in [2.45, 2.75) is 19.9 Å². The second-order valence-corrected chi connectivity index (χ2v) is 3.74. The Morgan fingerprint density at radius 2 is 2.25 bits per heavy atom. The summed E-state index contributed by atoms with van der Waals surface area (Å²) in [7, 11) is 1.92. The van der Waals surface area contributed by atoms with E-state index in [4.69, 9.17) is 0 Å². The molecule has 0 saturated heterocycles. The maximum Gasteiger partial charge on any atom is 0.162 e. The van der Waals surface area contributed by atoms with Gasteiger partial charge in [0.1, 0.15) is 0 Å². The molecule has 2 heterocycles. The highest BCUT2D eigenvalue weighted by Gasteiger charge is 2.04. The molecule has 0 N–H and O–H groups in total. The highest BCUT2D eigenvalue weighted by atomic mass is 16.1. The first-order valence-electron chi connectivity index (χ1n) is 5.17. The minimum Gasteiger partial charge on any atom is -0.294 e. The summed E-state index contributed by atoms with van der Waals surface area (Å²) in [5.74, 6) is 0.0479. The van der Waals surface area contributed by atoms with Crippen LogP contribution in [0.4, 0.5) is 0 Å². The number of ketones is 1. The fourth-order valence-corrected chi connectivity index (χ4v) is 1.54. The summed E-state index contributed by atoms with van der Waals surface area (Å²) in [5.41, 5.74) is 1.81. The van der Waals surface area contributed by atoms with Gasteiger partial charge in [0.25, 0.3) is 0 Å². The van der Waals surface area contributed by atoms with Gasteiger partial charge in [-0.2, -0.15) is 10.2 Å². The number of carbonyl (C=O) groups is 1. The lowest BCUT2D eigenvalue weighted by Crippen LogP contribution is -2.05. The van der Waals surface area contributed by atoms with E-state index in [-0.39, 0.29) is 5.78 Å². The Morgan fingerprint density at radius 1 is 1.44 bits per heavy atom. The van der Waals surface area contributed by atoms with Crippen molar-refractivity contribution < 1.29 is 4.79 Å². The maximum absolute atomic E-state index is 11.1. The molecule has 0 fully saturated rings. The molecular weight excluding hydrogens is 204 g/mol. The number of rotatable bonds is 4. The van der Waals surface area contributed by atoms with Crippen LogP contribution in [-0.2, 0) is 20.0 Å². The Labute approximate surface area is 93.7 Å². The van der Waals surface area contributed by atoms with Crippen molar-refractivity contribution in [3.05, 3.63) is 35.9 Å². The maximum atomic E-state index is 11.1. The van der Waals surface area contributed by atoms with Crippen molar-refractivity contribution >= 4 is 5.78 Å². The van der Waals surface area contributed by atoms with Crippen molar-refractivity contribution in [3.63, 3.8) is 0 Å². The molecule has 0 amide bonds. The Morgan fingerprint density at radius 3 is 2.81 bits per heavy atom. The second-order valence-electron chi connectivity index (χ2n) is 3.74. The molecule has 0 aliphatic carbocycles. The van der Waals surface area contributed by atoms with Gasteiger partial charge in [-0.05, 0) is 13.0 Å². The van der Waals surface area contributed by atoms with Crippen LogP contribution in [-0.4, -0.2) is 25.3 Å². The first-order chi connectivity index (χ1) is 7.66. The number of Topliss-reactive ketones (excluding diaryl/α,β-unsaturated/α-hetero) is 1. The predicted molar refractivity (Wildman–Crippen MR) is 59.1 cm³/mol. The van der Waals surface area contributed by atoms with Crippen LogP contribution >= 0.6 is 0 Å². The van der Waals surface area contributed by atoms with Crippen LogP contribution in [0.3, 0.4) is 0 Å². The zero-order valence-corrected chi connectivity index (χ0v) is 9.42. The van der Waals surface area contributed by atoms with E-state index in [1.165, 1.54) is 0 Å². The van der Waals surface area contributed by atoms with Gasteiger partial charge in [-0.25, -0.2) is 0 Å². The average molecular weight is 218 g/mol. The molecule has 16 heavy (non-hydrogen) atoms. The molecule has 2 aromatic heterocycles. The molecule has 0 aliphatic rings. The molecule has 0 aliphatic heterocycles. The minimum atomic E-state index is 0.0479. The van der Waals surface area contributed by atoms with Crippen LogP contribution in [0, 0.1) is 0 Å². The Kier molecular flexibility index (Phi) is 2.85. The van der Waals surface area contributed by atoms with Gasteiger partial charge in [-0.3, -0.25) is 14.2 Å². The van der Waals surface area contributed by atoms with Gasteiger partial charge in [-0.15, -0.1) is 0 Å². The zero-order valence-electron chi connectivity index (χ0n) is 9.42. The molecule has 0 aromatic carbocycles. The molecule has 0 bridgehead atoms. The number of aromatic nitrogens is 4. The average Bonchev–Trinajstić information content (AvgIpc) is 2.83. The van der Waals surface area contributed by atoms with Crippen molar-refractivity contribution in [3.8, 4) is 0 Å². The fourth-order valence-electron chi connectivity index (χ4n) is 1.54. The number of hydrogen-bond donors (Lipinski definition) is 0. The van der Waals surface area contributed by atoms with Gasteiger partial charge in [0, 0.05) is 38.1 Å². The molecule has 0 unspecified atom stereocenters. The lowest BCUT2D eigenvalue weighted by molar-refractivity contribution is 0.101. The summed E-state index contributed by atoms with van der Waals surface area (Å²) in [6.07, 6.45) is 6.01. The van der Waals surface area contributed by atoms with Crippen molar-refractivity contribution in [1.82, 2.24) is 19.6 Å². The van der Waals surface area contributed by atoms with Gasteiger partial charge in [-0.1, -0.05) is 0 Å². The van der Waals surface area contributed by atoms with E-state index >= 15 is 0 Å². The van der Waals surface area contributed by atoms with Gasteiger partial charge < -0.3 is 0 Å². The molecule has 0 saturated carbocycles. The highest BCUT2D eigenvalue weighted by Crippen LogP contribution is 2.02.